The second-order valence-electron chi connectivity index (χ2n) is 5.35. The number of hydrogen-bond acceptors (Lipinski definition) is 6. The fourth-order valence-electron chi connectivity index (χ4n) is 2.28. The minimum Gasteiger partial charge on any atom is -0.493 e. The van der Waals surface area contributed by atoms with E-state index >= 15 is 0 Å². The summed E-state index contributed by atoms with van der Waals surface area (Å²) >= 11 is 0. The summed E-state index contributed by atoms with van der Waals surface area (Å²) in [6.45, 7) is 2.05. The van der Waals surface area contributed by atoms with Gasteiger partial charge in [0.25, 0.3) is 11.6 Å². The number of nitrogens with zero attached hydrogens (tertiary/aromatic N) is 1. The molecule has 0 aliphatic rings. The number of hydrogen-bond donors (Lipinski definition) is 2. The van der Waals surface area contributed by atoms with E-state index in [1.165, 1.54) is 19.2 Å². The molecule has 27 heavy (non-hydrogen) atoms. The highest BCUT2D eigenvalue weighted by atomic mass is 16.6. The Morgan fingerprint density at radius 3 is 2.44 bits per heavy atom. The monoisotopic (exact) mass is 373 g/mol. The van der Waals surface area contributed by atoms with Gasteiger partial charge in [0.15, 0.2) is 11.5 Å². The van der Waals surface area contributed by atoms with Crippen LogP contribution in [0, 0.1) is 10.1 Å². The van der Waals surface area contributed by atoms with Crippen molar-refractivity contribution in [2.45, 2.75) is 13.0 Å². The van der Waals surface area contributed by atoms with Crippen molar-refractivity contribution < 1.29 is 24.0 Å². The summed E-state index contributed by atoms with van der Waals surface area (Å²) in [5, 5.41) is 15.7. The summed E-state index contributed by atoms with van der Waals surface area (Å²) in [6, 6.07) is 11.6. The zero-order valence-electron chi connectivity index (χ0n) is 14.8. The molecule has 0 aromatic heterocycles. The molecule has 0 saturated heterocycles. The number of nitro benzene ring substituents is 1. The van der Waals surface area contributed by atoms with Gasteiger partial charge < -0.3 is 14.8 Å². The number of nitrogens with one attached hydrogen (secondary N) is 2. The lowest BCUT2D eigenvalue weighted by Gasteiger charge is -2.20. The van der Waals surface area contributed by atoms with Crippen LogP contribution in [-0.2, 0) is 4.79 Å². The topological polar surface area (TPSA) is 120 Å². The van der Waals surface area contributed by atoms with Gasteiger partial charge in [-0.1, -0.05) is 30.3 Å². The molecule has 0 radical (unpaired) electrons. The highest BCUT2D eigenvalue weighted by Gasteiger charge is 2.26. The first-order valence-electron chi connectivity index (χ1n) is 8.09. The first-order chi connectivity index (χ1) is 13.0. The number of benzene rings is 2. The van der Waals surface area contributed by atoms with E-state index in [1.54, 1.807) is 37.3 Å². The number of amides is 3. The molecule has 0 fully saturated rings. The fourth-order valence-corrected chi connectivity index (χ4v) is 2.28. The lowest BCUT2D eigenvalue weighted by Crippen LogP contribution is -2.42. The van der Waals surface area contributed by atoms with Crippen LogP contribution in [-0.4, -0.2) is 30.5 Å². The number of carbonyl (C=O) groups is 2. The third-order valence-electron chi connectivity index (χ3n) is 3.52. The van der Waals surface area contributed by atoms with Crippen LogP contribution >= 0.6 is 0 Å². The number of carbonyl (C=O) groups excluding carboxylic acids is 2. The Labute approximate surface area is 155 Å². The van der Waals surface area contributed by atoms with Crippen LogP contribution in [0.4, 0.5) is 10.5 Å². The number of nitro groups is 1. The molecule has 2 N–H and O–H groups in total. The molecule has 0 aliphatic carbocycles. The molecule has 0 unspecified atom stereocenters. The average molecular weight is 373 g/mol. The van der Waals surface area contributed by atoms with Crippen molar-refractivity contribution in [1.29, 1.82) is 0 Å². The summed E-state index contributed by atoms with van der Waals surface area (Å²) < 4.78 is 10.9. The summed E-state index contributed by atoms with van der Waals surface area (Å²) in [7, 11) is 1.38. The van der Waals surface area contributed by atoms with Crippen LogP contribution in [0.3, 0.4) is 0 Å². The Balaban J connectivity index is 2.37. The normalized spacial score (nSPS) is 11.2. The molecule has 3 amide bonds. The van der Waals surface area contributed by atoms with Crippen molar-refractivity contribution in [1.82, 2.24) is 10.6 Å². The standard InChI is InChI=1S/C18H19N3O6/c1-3-19-18(23)20-17(22)16(12-7-5-4-6-8-12)27-15-11-13(21(24)25)9-10-14(15)26-2/h4-11,16H,3H2,1-2H3,(H2,19,20,22,23)/t16-/m1/s1. The van der Waals surface area contributed by atoms with Gasteiger partial charge in [0.2, 0.25) is 6.10 Å². The van der Waals surface area contributed by atoms with E-state index < -0.39 is 23.0 Å². The van der Waals surface area contributed by atoms with Crippen LogP contribution in [0.5, 0.6) is 11.5 Å². The number of methoxy groups -OCH3 is 1. The predicted molar refractivity (Wildman–Crippen MR) is 96.7 cm³/mol. The lowest BCUT2D eigenvalue weighted by molar-refractivity contribution is -0.385. The molecular formula is C18H19N3O6. The summed E-state index contributed by atoms with van der Waals surface area (Å²) in [5.41, 5.74) is 0.245. The molecule has 9 heteroatoms. The quantitative estimate of drug-likeness (QED) is 0.568. The van der Waals surface area contributed by atoms with E-state index in [2.05, 4.69) is 10.6 Å². The zero-order chi connectivity index (χ0) is 19.8. The molecule has 0 saturated carbocycles. The number of non-ortho nitro benzene ring substituents is 1. The maximum atomic E-state index is 12.6. The predicted octanol–water partition coefficient (Wildman–Crippen LogP) is 2.57. The van der Waals surface area contributed by atoms with Crippen molar-refractivity contribution in [3.63, 3.8) is 0 Å². The SMILES string of the molecule is CCNC(=O)NC(=O)[C@H](Oc1cc([N+](=O)[O-])ccc1OC)c1ccccc1. The first-order valence-corrected chi connectivity index (χ1v) is 8.09. The Bertz CT molecular complexity index is 825. The Morgan fingerprint density at radius 2 is 1.85 bits per heavy atom. The van der Waals surface area contributed by atoms with Crippen LogP contribution in [0.1, 0.15) is 18.6 Å². The highest BCUT2D eigenvalue weighted by Crippen LogP contribution is 2.34. The molecule has 0 aliphatic heterocycles. The van der Waals surface area contributed by atoms with Gasteiger partial charge in [-0.2, -0.15) is 0 Å². The van der Waals surface area contributed by atoms with Crippen LogP contribution < -0.4 is 20.1 Å². The smallest absolute Gasteiger partial charge is 0.321 e. The minimum absolute atomic E-state index is 0.00611. The van der Waals surface area contributed by atoms with E-state index in [0.29, 0.717) is 12.1 Å². The molecule has 2 aromatic rings. The van der Waals surface area contributed by atoms with Gasteiger partial charge in [-0.15, -0.1) is 0 Å². The van der Waals surface area contributed by atoms with Crippen molar-refractivity contribution in [2.24, 2.45) is 0 Å². The van der Waals surface area contributed by atoms with Gasteiger partial charge in [-0.05, 0) is 13.0 Å². The molecule has 142 valence electrons. The van der Waals surface area contributed by atoms with E-state index in [-0.39, 0.29) is 17.2 Å². The third-order valence-corrected chi connectivity index (χ3v) is 3.52. The molecule has 9 nitrogen and oxygen atoms in total. The lowest BCUT2D eigenvalue weighted by atomic mass is 10.1. The molecule has 0 bridgehead atoms. The highest BCUT2D eigenvalue weighted by molar-refractivity contribution is 5.97. The van der Waals surface area contributed by atoms with Gasteiger partial charge >= 0.3 is 6.03 Å². The Hall–Kier alpha value is -3.62. The minimum atomic E-state index is -1.22. The van der Waals surface area contributed by atoms with Gasteiger partial charge in [0.1, 0.15) is 0 Å². The van der Waals surface area contributed by atoms with E-state index in [4.69, 9.17) is 9.47 Å². The van der Waals surface area contributed by atoms with Crippen molar-refractivity contribution in [3.05, 3.63) is 64.2 Å². The molecule has 0 spiro atoms. The Kier molecular flexibility index (Phi) is 6.70. The summed E-state index contributed by atoms with van der Waals surface area (Å²) in [6.07, 6.45) is -1.22. The van der Waals surface area contributed by atoms with Crippen LogP contribution in [0.2, 0.25) is 0 Å². The molecule has 0 heterocycles. The number of ether oxygens (including phenoxy) is 2. The maximum absolute atomic E-state index is 12.6. The van der Waals surface area contributed by atoms with Crippen LogP contribution in [0.25, 0.3) is 0 Å². The number of urea groups is 1. The second-order valence-corrected chi connectivity index (χ2v) is 5.35. The Morgan fingerprint density at radius 1 is 1.15 bits per heavy atom. The van der Waals surface area contributed by atoms with Crippen LogP contribution in [0.15, 0.2) is 48.5 Å². The summed E-state index contributed by atoms with van der Waals surface area (Å²) in [4.78, 5) is 34.7. The van der Waals surface area contributed by atoms with E-state index in [0.717, 1.165) is 6.07 Å². The van der Waals surface area contributed by atoms with Gasteiger partial charge in [0.05, 0.1) is 18.1 Å². The average Bonchev–Trinajstić information content (AvgIpc) is 2.66. The maximum Gasteiger partial charge on any atom is 0.321 e. The molecule has 1 atom stereocenters. The second kappa shape index (κ2) is 9.18. The molecule has 2 rings (SSSR count). The van der Waals surface area contributed by atoms with E-state index in [1.807, 2.05) is 0 Å². The summed E-state index contributed by atoms with van der Waals surface area (Å²) in [5.74, 6) is -0.500. The molecular weight excluding hydrogens is 354 g/mol. The van der Waals surface area contributed by atoms with Gasteiger partial charge in [-0.3, -0.25) is 20.2 Å². The first kappa shape index (κ1) is 19.7. The third kappa shape index (κ3) is 5.18. The van der Waals surface area contributed by atoms with Crippen molar-refractivity contribution >= 4 is 17.6 Å². The van der Waals surface area contributed by atoms with E-state index in [9.17, 15) is 19.7 Å². The van der Waals surface area contributed by atoms with Crippen molar-refractivity contribution in [2.75, 3.05) is 13.7 Å². The fraction of sp³-hybridized carbons (Fsp3) is 0.222. The zero-order valence-corrected chi connectivity index (χ0v) is 14.8. The molecule has 2 aromatic carbocycles. The van der Waals surface area contributed by atoms with Gasteiger partial charge in [0, 0.05) is 18.2 Å². The number of imide groups is 1. The van der Waals surface area contributed by atoms with Crippen molar-refractivity contribution in [3.8, 4) is 11.5 Å². The largest absolute Gasteiger partial charge is 0.493 e. The van der Waals surface area contributed by atoms with Gasteiger partial charge in [-0.25, -0.2) is 4.79 Å². The number of rotatable bonds is 7.